The van der Waals surface area contributed by atoms with Crippen LogP contribution in [0.15, 0.2) is 84.2 Å². The maximum absolute atomic E-state index is 12.6. The van der Waals surface area contributed by atoms with Gasteiger partial charge in [-0.1, -0.05) is 72.3 Å². The molecular weight excluding hydrogens is 440 g/mol. The second-order valence-corrected chi connectivity index (χ2v) is 8.71. The maximum atomic E-state index is 12.6. The van der Waals surface area contributed by atoms with Crippen LogP contribution < -0.4 is 16.4 Å². The molecule has 0 aliphatic carbocycles. The quantitative estimate of drug-likeness (QED) is 0.302. The molecule has 1 heterocycles. The van der Waals surface area contributed by atoms with Crippen LogP contribution in [-0.2, 0) is 12.8 Å². The number of nitrogens with one attached hydrogen (secondary N) is 2. The number of anilines is 2. The van der Waals surface area contributed by atoms with E-state index in [-0.39, 0.29) is 12.1 Å². The number of halogens is 1. The third-order valence-electron chi connectivity index (χ3n) is 4.99. The van der Waals surface area contributed by atoms with Crippen molar-refractivity contribution >= 4 is 39.8 Å². The molecule has 0 bridgehead atoms. The minimum Gasteiger partial charge on any atom is -0.322 e. The molecule has 4 aromatic rings. The zero-order valence-electron chi connectivity index (χ0n) is 17.3. The number of urea groups is 1. The van der Waals surface area contributed by atoms with E-state index in [0.717, 1.165) is 28.9 Å². The fourth-order valence-corrected chi connectivity index (χ4v) is 4.25. The van der Waals surface area contributed by atoms with Crippen molar-refractivity contribution in [3.63, 3.8) is 0 Å². The van der Waals surface area contributed by atoms with Crippen LogP contribution in [0.25, 0.3) is 0 Å². The molecule has 0 saturated carbocycles. The van der Waals surface area contributed by atoms with Gasteiger partial charge in [0.05, 0.1) is 11.7 Å². The first kappa shape index (κ1) is 22.0. The molecule has 1 unspecified atom stereocenters. The number of amides is 2. The van der Waals surface area contributed by atoms with Crippen LogP contribution in [0.3, 0.4) is 0 Å². The Kier molecular flexibility index (Phi) is 7.17. The van der Waals surface area contributed by atoms with Gasteiger partial charge in [0.1, 0.15) is 0 Å². The van der Waals surface area contributed by atoms with Crippen LogP contribution in [0.5, 0.6) is 0 Å². The third kappa shape index (κ3) is 5.95. The molecule has 0 aliphatic rings. The Morgan fingerprint density at radius 3 is 2.44 bits per heavy atom. The van der Waals surface area contributed by atoms with Crippen LogP contribution in [-0.4, -0.2) is 11.0 Å². The standard InChI is InChI=1S/C25H23ClN4OS/c26-20-12-10-18(11-13-20)15-21(27)23-16-32-25(29-23)30-24(31)28-22-9-5-4-8-19(22)14-17-6-2-1-3-7-17/h1-13,16,21H,14-15,27H2,(H2,28,29,30,31). The summed E-state index contributed by atoms with van der Waals surface area (Å²) >= 11 is 7.29. The first-order valence-corrected chi connectivity index (χ1v) is 11.5. The molecule has 0 saturated heterocycles. The highest BCUT2D eigenvalue weighted by Crippen LogP contribution is 2.24. The van der Waals surface area contributed by atoms with E-state index in [2.05, 4.69) is 27.8 Å². The SMILES string of the molecule is NC(Cc1ccc(Cl)cc1)c1csc(NC(=O)Nc2ccccc2Cc2ccccc2)n1. The first-order chi connectivity index (χ1) is 15.6. The van der Waals surface area contributed by atoms with E-state index in [0.29, 0.717) is 16.6 Å². The van der Waals surface area contributed by atoms with Crippen LogP contribution in [0.1, 0.15) is 28.4 Å². The van der Waals surface area contributed by atoms with Crippen LogP contribution in [0.2, 0.25) is 5.02 Å². The molecule has 0 aliphatic heterocycles. The zero-order valence-corrected chi connectivity index (χ0v) is 18.9. The molecule has 0 fully saturated rings. The van der Waals surface area contributed by atoms with Gasteiger partial charge in [-0.05, 0) is 47.7 Å². The van der Waals surface area contributed by atoms with Gasteiger partial charge in [-0.2, -0.15) is 0 Å². The highest BCUT2D eigenvalue weighted by Gasteiger charge is 2.14. The number of thiazole rings is 1. The van der Waals surface area contributed by atoms with Crippen LogP contribution >= 0.6 is 22.9 Å². The van der Waals surface area contributed by atoms with Gasteiger partial charge in [-0.25, -0.2) is 9.78 Å². The lowest BCUT2D eigenvalue weighted by Gasteiger charge is -2.11. The van der Waals surface area contributed by atoms with Crippen molar-refractivity contribution < 1.29 is 4.79 Å². The van der Waals surface area contributed by atoms with Crippen LogP contribution in [0.4, 0.5) is 15.6 Å². The third-order valence-corrected chi connectivity index (χ3v) is 6.02. The Bertz CT molecular complexity index is 1180. The van der Waals surface area contributed by atoms with Gasteiger partial charge >= 0.3 is 6.03 Å². The molecule has 3 aromatic carbocycles. The molecule has 7 heteroatoms. The number of nitrogens with two attached hydrogens (primary N) is 1. The van der Waals surface area contributed by atoms with Crippen molar-refractivity contribution in [3.05, 3.63) is 112 Å². The average Bonchev–Trinajstić information content (AvgIpc) is 3.26. The first-order valence-electron chi connectivity index (χ1n) is 10.2. The number of para-hydroxylation sites is 1. The highest BCUT2D eigenvalue weighted by molar-refractivity contribution is 7.14. The lowest BCUT2D eigenvalue weighted by Crippen LogP contribution is -2.20. The van der Waals surface area contributed by atoms with E-state index >= 15 is 0 Å². The van der Waals surface area contributed by atoms with Crippen molar-refractivity contribution in [1.29, 1.82) is 0 Å². The summed E-state index contributed by atoms with van der Waals surface area (Å²) in [6.45, 7) is 0. The van der Waals surface area contributed by atoms with Crippen molar-refractivity contribution in [2.45, 2.75) is 18.9 Å². The Morgan fingerprint density at radius 1 is 0.938 bits per heavy atom. The van der Waals surface area contributed by atoms with Gasteiger partial charge in [0.25, 0.3) is 0 Å². The van der Waals surface area contributed by atoms with E-state index in [1.54, 1.807) is 0 Å². The maximum Gasteiger partial charge on any atom is 0.325 e. The molecule has 162 valence electrons. The smallest absolute Gasteiger partial charge is 0.322 e. The van der Waals surface area contributed by atoms with Crippen molar-refractivity contribution in [2.75, 3.05) is 10.6 Å². The summed E-state index contributed by atoms with van der Waals surface area (Å²) in [5.74, 6) is 0. The Morgan fingerprint density at radius 2 is 1.66 bits per heavy atom. The fourth-order valence-electron chi connectivity index (χ4n) is 3.36. The largest absolute Gasteiger partial charge is 0.325 e. The number of carbonyl (C=O) groups is 1. The summed E-state index contributed by atoms with van der Waals surface area (Å²) in [7, 11) is 0. The average molecular weight is 463 g/mol. The Labute approximate surface area is 196 Å². The zero-order chi connectivity index (χ0) is 22.3. The van der Waals surface area contributed by atoms with Gasteiger partial charge in [-0.3, -0.25) is 5.32 Å². The van der Waals surface area contributed by atoms with E-state index in [1.807, 2.05) is 72.1 Å². The summed E-state index contributed by atoms with van der Waals surface area (Å²) in [6, 6.07) is 24.9. The van der Waals surface area contributed by atoms with Crippen molar-refractivity contribution in [3.8, 4) is 0 Å². The minimum atomic E-state index is -0.335. The summed E-state index contributed by atoms with van der Waals surface area (Å²) in [5.41, 5.74) is 11.1. The van der Waals surface area contributed by atoms with E-state index < -0.39 is 0 Å². The van der Waals surface area contributed by atoms with Gasteiger partial charge in [0.15, 0.2) is 5.13 Å². The number of hydrogen-bond acceptors (Lipinski definition) is 4. The normalized spacial score (nSPS) is 11.7. The number of hydrogen-bond donors (Lipinski definition) is 3. The molecule has 32 heavy (non-hydrogen) atoms. The van der Waals surface area contributed by atoms with Crippen LogP contribution in [0, 0.1) is 0 Å². The summed E-state index contributed by atoms with van der Waals surface area (Å²) < 4.78 is 0. The fraction of sp³-hybridized carbons (Fsp3) is 0.120. The van der Waals surface area contributed by atoms with Gasteiger partial charge < -0.3 is 11.1 Å². The molecule has 0 spiro atoms. The monoisotopic (exact) mass is 462 g/mol. The number of nitrogens with zero attached hydrogens (tertiary/aromatic N) is 1. The molecule has 1 atom stereocenters. The number of aromatic nitrogens is 1. The van der Waals surface area contributed by atoms with E-state index in [9.17, 15) is 4.79 Å². The number of benzene rings is 3. The molecule has 1 aromatic heterocycles. The van der Waals surface area contributed by atoms with Crippen molar-refractivity contribution in [2.24, 2.45) is 5.73 Å². The van der Waals surface area contributed by atoms with Crippen molar-refractivity contribution in [1.82, 2.24) is 4.98 Å². The number of carbonyl (C=O) groups excluding carboxylic acids is 1. The Hall–Kier alpha value is -3.19. The van der Waals surface area contributed by atoms with Gasteiger partial charge in [0, 0.05) is 16.1 Å². The topological polar surface area (TPSA) is 80.0 Å². The number of rotatable bonds is 7. The molecule has 5 nitrogen and oxygen atoms in total. The second-order valence-electron chi connectivity index (χ2n) is 7.41. The lowest BCUT2D eigenvalue weighted by atomic mass is 10.0. The molecule has 4 rings (SSSR count). The molecule has 4 N–H and O–H groups in total. The molecule has 2 amide bonds. The second kappa shape index (κ2) is 10.4. The summed E-state index contributed by atoms with van der Waals surface area (Å²) in [5, 5.41) is 8.82. The minimum absolute atomic E-state index is 0.266. The predicted octanol–water partition coefficient (Wildman–Crippen LogP) is 6.27. The van der Waals surface area contributed by atoms with E-state index in [4.69, 9.17) is 17.3 Å². The van der Waals surface area contributed by atoms with Gasteiger partial charge in [0.2, 0.25) is 0 Å². The highest BCUT2D eigenvalue weighted by atomic mass is 35.5. The molecule has 0 radical (unpaired) electrons. The summed E-state index contributed by atoms with van der Waals surface area (Å²) in [4.78, 5) is 17.1. The lowest BCUT2D eigenvalue weighted by molar-refractivity contribution is 0.262. The molecular formula is C25H23ClN4OS. The van der Waals surface area contributed by atoms with Gasteiger partial charge in [-0.15, -0.1) is 11.3 Å². The predicted molar refractivity (Wildman–Crippen MR) is 133 cm³/mol. The van der Waals surface area contributed by atoms with E-state index in [1.165, 1.54) is 16.9 Å². The Balaban J connectivity index is 1.37. The summed E-state index contributed by atoms with van der Waals surface area (Å²) in [6.07, 6.45) is 1.37.